The second-order valence-electron chi connectivity index (χ2n) is 3.94. The Morgan fingerprint density at radius 3 is 2.80 bits per heavy atom. The van der Waals surface area contributed by atoms with Crippen molar-refractivity contribution in [1.82, 2.24) is 5.32 Å². The van der Waals surface area contributed by atoms with Crippen LogP contribution in [0.5, 0.6) is 0 Å². The number of aliphatic hydroxyl groups excluding tert-OH is 2. The van der Waals surface area contributed by atoms with Crippen molar-refractivity contribution < 1.29 is 15.0 Å². The van der Waals surface area contributed by atoms with Gasteiger partial charge in [-0.1, -0.05) is 0 Å². The molecule has 1 fully saturated rings. The molecule has 1 aliphatic carbocycles. The molecule has 1 saturated carbocycles. The van der Waals surface area contributed by atoms with E-state index in [-0.39, 0.29) is 23.8 Å². The molecule has 1 aliphatic rings. The van der Waals surface area contributed by atoms with Crippen LogP contribution in [0.4, 0.5) is 0 Å². The third-order valence-electron chi connectivity index (χ3n) is 2.66. The number of thiol groups is 1. The van der Waals surface area contributed by atoms with Gasteiger partial charge in [-0.2, -0.15) is 12.6 Å². The average Bonchev–Trinajstić information content (AvgIpc) is 2.22. The molecular weight excluding hydrogens is 216 g/mol. The first-order valence-corrected chi connectivity index (χ1v) is 5.59. The maximum absolute atomic E-state index is 11.3. The standard InChI is InChI=1S/C9H18N2O3S/c10-6(4-12)9(14)11-5-1-2-7(13)8(15)3-5/h5-8,12-13,15H,1-4,10H2,(H,11,14)/t5-,6-,7+,8+/m1/s1. The molecule has 0 saturated heterocycles. The first-order valence-electron chi connectivity index (χ1n) is 5.07. The predicted octanol–water partition coefficient (Wildman–Crippen LogP) is -1.37. The SMILES string of the molecule is N[C@H](CO)C(=O)N[C@@H]1CC[C@H](O)[C@@H](S)C1. The number of hydrogen-bond acceptors (Lipinski definition) is 5. The van der Waals surface area contributed by atoms with Crippen molar-refractivity contribution in [3.05, 3.63) is 0 Å². The number of rotatable bonds is 3. The van der Waals surface area contributed by atoms with Crippen molar-refractivity contribution in [3.8, 4) is 0 Å². The van der Waals surface area contributed by atoms with E-state index in [1.54, 1.807) is 0 Å². The highest BCUT2D eigenvalue weighted by Gasteiger charge is 2.28. The Balaban J connectivity index is 2.36. The van der Waals surface area contributed by atoms with Crippen LogP contribution < -0.4 is 11.1 Å². The van der Waals surface area contributed by atoms with Crippen molar-refractivity contribution >= 4 is 18.5 Å². The first kappa shape index (κ1) is 12.8. The van der Waals surface area contributed by atoms with Crippen LogP contribution in [0.2, 0.25) is 0 Å². The van der Waals surface area contributed by atoms with E-state index in [1.807, 2.05) is 0 Å². The maximum atomic E-state index is 11.3. The van der Waals surface area contributed by atoms with Crippen LogP contribution in [0.1, 0.15) is 19.3 Å². The normalized spacial score (nSPS) is 33.5. The van der Waals surface area contributed by atoms with E-state index in [4.69, 9.17) is 10.8 Å². The minimum atomic E-state index is -0.866. The lowest BCUT2D eigenvalue weighted by atomic mass is 9.92. The summed E-state index contributed by atoms with van der Waals surface area (Å²) in [5.74, 6) is -0.348. The van der Waals surface area contributed by atoms with Gasteiger partial charge in [-0.15, -0.1) is 0 Å². The zero-order chi connectivity index (χ0) is 11.4. The van der Waals surface area contributed by atoms with Crippen LogP contribution in [0.15, 0.2) is 0 Å². The molecular formula is C9H18N2O3S. The molecule has 0 spiro atoms. The summed E-state index contributed by atoms with van der Waals surface area (Å²) in [5, 5.41) is 20.8. The van der Waals surface area contributed by atoms with Crippen LogP contribution in [-0.2, 0) is 4.79 Å². The first-order chi connectivity index (χ1) is 7.04. The van der Waals surface area contributed by atoms with Gasteiger partial charge >= 0.3 is 0 Å². The number of amides is 1. The van der Waals surface area contributed by atoms with Crippen molar-refractivity contribution in [1.29, 1.82) is 0 Å². The highest BCUT2D eigenvalue weighted by molar-refractivity contribution is 7.81. The average molecular weight is 234 g/mol. The number of nitrogens with one attached hydrogen (secondary N) is 1. The van der Waals surface area contributed by atoms with Crippen LogP contribution in [0, 0.1) is 0 Å². The van der Waals surface area contributed by atoms with Gasteiger partial charge in [-0.3, -0.25) is 4.79 Å². The molecule has 0 aliphatic heterocycles. The monoisotopic (exact) mass is 234 g/mol. The fourth-order valence-corrected chi connectivity index (χ4v) is 2.06. The van der Waals surface area contributed by atoms with E-state index >= 15 is 0 Å². The fraction of sp³-hybridized carbons (Fsp3) is 0.889. The molecule has 1 amide bonds. The Kier molecular flexibility index (Phi) is 4.85. The van der Waals surface area contributed by atoms with Gasteiger partial charge in [-0.25, -0.2) is 0 Å². The van der Waals surface area contributed by atoms with Gasteiger partial charge in [0.25, 0.3) is 0 Å². The minimum absolute atomic E-state index is 0.000926. The molecule has 15 heavy (non-hydrogen) atoms. The van der Waals surface area contributed by atoms with Crippen LogP contribution >= 0.6 is 12.6 Å². The summed E-state index contributed by atoms with van der Waals surface area (Å²) in [6, 6.07) is -0.865. The molecule has 1 rings (SSSR count). The minimum Gasteiger partial charge on any atom is -0.394 e. The second kappa shape index (κ2) is 5.69. The molecule has 0 radical (unpaired) electrons. The second-order valence-corrected chi connectivity index (χ2v) is 4.61. The van der Waals surface area contributed by atoms with E-state index in [0.717, 1.165) is 6.42 Å². The molecule has 5 nitrogen and oxygen atoms in total. The topological polar surface area (TPSA) is 95.6 Å². The van der Waals surface area contributed by atoms with Crippen molar-refractivity contribution in [2.24, 2.45) is 5.73 Å². The van der Waals surface area contributed by atoms with E-state index in [1.165, 1.54) is 0 Å². The molecule has 6 heteroatoms. The molecule has 0 heterocycles. The van der Waals surface area contributed by atoms with Crippen LogP contribution in [0.3, 0.4) is 0 Å². The maximum Gasteiger partial charge on any atom is 0.239 e. The molecule has 0 aromatic rings. The largest absolute Gasteiger partial charge is 0.394 e. The lowest BCUT2D eigenvalue weighted by Gasteiger charge is -2.31. The van der Waals surface area contributed by atoms with Gasteiger partial charge in [0.1, 0.15) is 6.04 Å². The fourth-order valence-electron chi connectivity index (χ4n) is 1.65. The van der Waals surface area contributed by atoms with Gasteiger partial charge in [0.15, 0.2) is 0 Å². The summed E-state index contributed by atoms with van der Waals surface area (Å²) in [5.41, 5.74) is 5.37. The van der Waals surface area contributed by atoms with Crippen molar-refractivity contribution in [2.45, 2.75) is 42.7 Å². The van der Waals surface area contributed by atoms with E-state index in [9.17, 15) is 9.90 Å². The highest BCUT2D eigenvalue weighted by Crippen LogP contribution is 2.23. The predicted molar refractivity (Wildman–Crippen MR) is 59.6 cm³/mol. The van der Waals surface area contributed by atoms with Gasteiger partial charge in [0.2, 0.25) is 5.91 Å². The van der Waals surface area contributed by atoms with Gasteiger partial charge in [-0.05, 0) is 19.3 Å². The summed E-state index contributed by atoms with van der Waals surface area (Å²) < 4.78 is 0. The summed E-state index contributed by atoms with van der Waals surface area (Å²) >= 11 is 4.23. The quantitative estimate of drug-likeness (QED) is 0.390. The Labute approximate surface area is 94.4 Å². The summed E-state index contributed by atoms with van der Waals surface area (Å²) in [6.45, 7) is -0.356. The number of carbonyl (C=O) groups is 1. The Morgan fingerprint density at radius 1 is 1.60 bits per heavy atom. The van der Waals surface area contributed by atoms with E-state index in [2.05, 4.69) is 17.9 Å². The lowest BCUT2D eigenvalue weighted by molar-refractivity contribution is -0.124. The van der Waals surface area contributed by atoms with Gasteiger partial charge in [0, 0.05) is 11.3 Å². The number of hydrogen-bond donors (Lipinski definition) is 5. The van der Waals surface area contributed by atoms with Gasteiger partial charge in [0.05, 0.1) is 12.7 Å². The third kappa shape index (κ3) is 3.64. The Morgan fingerprint density at radius 2 is 2.27 bits per heavy atom. The molecule has 0 bridgehead atoms. The van der Waals surface area contributed by atoms with Crippen LogP contribution in [0.25, 0.3) is 0 Å². The smallest absolute Gasteiger partial charge is 0.239 e. The number of carbonyl (C=O) groups excluding carboxylic acids is 1. The highest BCUT2D eigenvalue weighted by atomic mass is 32.1. The molecule has 0 unspecified atom stereocenters. The lowest BCUT2D eigenvalue weighted by Crippen LogP contribution is -2.50. The number of aliphatic hydroxyl groups is 2. The zero-order valence-corrected chi connectivity index (χ0v) is 9.36. The van der Waals surface area contributed by atoms with Crippen LogP contribution in [-0.4, -0.2) is 46.2 Å². The van der Waals surface area contributed by atoms with Crippen molar-refractivity contribution in [2.75, 3.05) is 6.61 Å². The summed E-state index contributed by atoms with van der Waals surface area (Å²) in [6.07, 6.45) is 1.59. The molecule has 0 aromatic heterocycles. The Hall–Kier alpha value is -0.300. The summed E-state index contributed by atoms with van der Waals surface area (Å²) in [7, 11) is 0. The zero-order valence-electron chi connectivity index (χ0n) is 8.47. The van der Waals surface area contributed by atoms with Gasteiger partial charge < -0.3 is 21.3 Å². The molecule has 88 valence electrons. The van der Waals surface area contributed by atoms with Crippen molar-refractivity contribution in [3.63, 3.8) is 0 Å². The molecule has 0 aromatic carbocycles. The Bertz CT molecular complexity index is 227. The molecule has 5 N–H and O–H groups in total. The molecule has 4 atom stereocenters. The van der Waals surface area contributed by atoms with E-state index < -0.39 is 12.1 Å². The number of nitrogens with two attached hydrogens (primary N) is 1. The van der Waals surface area contributed by atoms with E-state index in [0.29, 0.717) is 12.8 Å². The summed E-state index contributed by atoms with van der Waals surface area (Å²) in [4.78, 5) is 11.3. The third-order valence-corrected chi connectivity index (χ3v) is 3.22.